The third kappa shape index (κ3) is 4.13. The minimum absolute atomic E-state index is 0.221. The number of carbonyl (C=O) groups excluding carboxylic acids is 1. The third-order valence-corrected chi connectivity index (χ3v) is 2.02. The summed E-state index contributed by atoms with van der Waals surface area (Å²) in [7, 11) is 1.42. The van der Waals surface area contributed by atoms with Crippen molar-refractivity contribution in [1.82, 2.24) is 10.2 Å². The largest absolute Gasteiger partial charge is 0.480 e. The number of carboxylic acid groups (broad SMARTS) is 1. The number of rotatable bonds is 5. The molecule has 0 saturated heterocycles. The molecule has 0 aliphatic rings. The predicted octanol–water partition coefficient (Wildman–Crippen LogP) is -1.55. The summed E-state index contributed by atoms with van der Waals surface area (Å²) in [5, 5.41) is 28.1. The lowest BCUT2D eigenvalue weighted by Gasteiger charge is -2.24. The number of carboxylic acids is 1. The standard InChI is InChI=1S/C8H16N2O5/c1-5(3-11)10(2)8(15)9-6(4-12)7(13)14/h5-6,11-12H,3-4H2,1-2H3,(H,9,15)(H,13,14)/t5?,6-/m1/s1. The van der Waals surface area contributed by atoms with E-state index in [1.165, 1.54) is 7.05 Å². The smallest absolute Gasteiger partial charge is 0.328 e. The van der Waals surface area contributed by atoms with Gasteiger partial charge in [0, 0.05) is 7.05 Å². The fraction of sp³-hybridized carbons (Fsp3) is 0.750. The van der Waals surface area contributed by atoms with Crippen LogP contribution in [0.15, 0.2) is 0 Å². The van der Waals surface area contributed by atoms with Gasteiger partial charge in [0.1, 0.15) is 0 Å². The Bertz CT molecular complexity index is 233. The van der Waals surface area contributed by atoms with Gasteiger partial charge in [-0.2, -0.15) is 0 Å². The molecule has 2 atom stereocenters. The molecule has 0 heterocycles. The highest BCUT2D eigenvalue weighted by molar-refractivity contribution is 5.82. The van der Waals surface area contributed by atoms with Crippen molar-refractivity contribution >= 4 is 12.0 Å². The SMILES string of the molecule is CC(CO)N(C)C(=O)N[C@H](CO)C(=O)O. The van der Waals surface area contributed by atoms with E-state index in [2.05, 4.69) is 5.32 Å². The third-order valence-electron chi connectivity index (χ3n) is 2.02. The molecule has 2 amide bonds. The van der Waals surface area contributed by atoms with E-state index in [1.807, 2.05) is 0 Å². The number of nitrogens with one attached hydrogen (secondary N) is 1. The van der Waals surface area contributed by atoms with Crippen molar-refractivity contribution in [1.29, 1.82) is 0 Å². The van der Waals surface area contributed by atoms with Gasteiger partial charge in [-0.1, -0.05) is 0 Å². The van der Waals surface area contributed by atoms with Gasteiger partial charge in [-0.3, -0.25) is 0 Å². The van der Waals surface area contributed by atoms with Crippen LogP contribution in [0, 0.1) is 0 Å². The molecule has 0 bridgehead atoms. The molecule has 0 rings (SSSR count). The number of amides is 2. The number of aliphatic hydroxyl groups is 2. The molecule has 0 aromatic carbocycles. The van der Waals surface area contributed by atoms with Crippen LogP contribution in [0.2, 0.25) is 0 Å². The number of carbonyl (C=O) groups is 2. The van der Waals surface area contributed by atoms with Crippen LogP contribution in [0.5, 0.6) is 0 Å². The lowest BCUT2D eigenvalue weighted by atomic mass is 10.3. The van der Waals surface area contributed by atoms with Gasteiger partial charge in [-0.15, -0.1) is 0 Å². The topological polar surface area (TPSA) is 110 Å². The Kier molecular flexibility index (Phi) is 5.65. The van der Waals surface area contributed by atoms with E-state index in [-0.39, 0.29) is 6.61 Å². The molecule has 7 nitrogen and oxygen atoms in total. The van der Waals surface area contributed by atoms with Crippen LogP contribution >= 0.6 is 0 Å². The molecule has 15 heavy (non-hydrogen) atoms. The highest BCUT2D eigenvalue weighted by Gasteiger charge is 2.22. The van der Waals surface area contributed by atoms with E-state index >= 15 is 0 Å². The number of aliphatic hydroxyl groups excluding tert-OH is 2. The van der Waals surface area contributed by atoms with E-state index in [4.69, 9.17) is 15.3 Å². The number of hydrogen-bond acceptors (Lipinski definition) is 4. The maximum Gasteiger partial charge on any atom is 0.328 e. The molecule has 7 heteroatoms. The Balaban J connectivity index is 4.28. The molecule has 0 saturated carbocycles. The molecule has 88 valence electrons. The monoisotopic (exact) mass is 220 g/mol. The summed E-state index contributed by atoms with van der Waals surface area (Å²) in [5.74, 6) is -1.31. The molecule has 1 unspecified atom stereocenters. The van der Waals surface area contributed by atoms with E-state index in [1.54, 1.807) is 6.92 Å². The van der Waals surface area contributed by atoms with Crippen LogP contribution in [0.25, 0.3) is 0 Å². The zero-order valence-electron chi connectivity index (χ0n) is 8.67. The first-order valence-corrected chi connectivity index (χ1v) is 4.41. The molecule has 0 aliphatic heterocycles. The summed E-state index contributed by atoms with van der Waals surface area (Å²) in [5.41, 5.74) is 0. The molecule has 4 N–H and O–H groups in total. The van der Waals surface area contributed by atoms with Crippen molar-refractivity contribution in [3.8, 4) is 0 Å². The number of urea groups is 1. The molecule has 0 aromatic heterocycles. The fourth-order valence-corrected chi connectivity index (χ4v) is 0.759. The van der Waals surface area contributed by atoms with Crippen LogP contribution in [0.4, 0.5) is 4.79 Å². The normalized spacial score (nSPS) is 14.1. The summed E-state index contributed by atoms with van der Waals surface area (Å²) >= 11 is 0. The van der Waals surface area contributed by atoms with Crippen molar-refractivity contribution < 1.29 is 24.9 Å². The Morgan fingerprint density at radius 1 is 1.33 bits per heavy atom. The first-order valence-electron chi connectivity index (χ1n) is 4.41. The van der Waals surface area contributed by atoms with Gasteiger partial charge in [-0.05, 0) is 6.92 Å². The van der Waals surface area contributed by atoms with Crippen LogP contribution in [-0.2, 0) is 4.79 Å². The second-order valence-electron chi connectivity index (χ2n) is 3.17. The molecule has 0 fully saturated rings. The van der Waals surface area contributed by atoms with Crippen molar-refractivity contribution in [2.24, 2.45) is 0 Å². The van der Waals surface area contributed by atoms with Crippen LogP contribution in [0.1, 0.15) is 6.92 Å². The highest BCUT2D eigenvalue weighted by Crippen LogP contribution is 1.95. The first kappa shape index (κ1) is 13.7. The van der Waals surface area contributed by atoms with Crippen molar-refractivity contribution in [3.05, 3.63) is 0 Å². The molecule has 0 spiro atoms. The second-order valence-corrected chi connectivity index (χ2v) is 3.17. The summed E-state index contributed by atoms with van der Waals surface area (Å²) in [6.07, 6.45) is 0. The molecule has 0 radical (unpaired) electrons. The van der Waals surface area contributed by atoms with Crippen molar-refractivity contribution in [2.75, 3.05) is 20.3 Å². The quantitative estimate of drug-likeness (QED) is 0.448. The summed E-state index contributed by atoms with van der Waals surface area (Å²) < 4.78 is 0. The zero-order chi connectivity index (χ0) is 12.0. The molecule has 0 aliphatic carbocycles. The highest BCUT2D eigenvalue weighted by atomic mass is 16.4. The van der Waals surface area contributed by atoms with E-state index in [0.29, 0.717) is 0 Å². The summed E-state index contributed by atoms with van der Waals surface area (Å²) in [6.45, 7) is 0.706. The van der Waals surface area contributed by atoms with Crippen LogP contribution in [0.3, 0.4) is 0 Å². The maximum absolute atomic E-state index is 11.3. The maximum atomic E-state index is 11.3. The predicted molar refractivity (Wildman–Crippen MR) is 51.4 cm³/mol. The first-order chi connectivity index (χ1) is 6.93. The van der Waals surface area contributed by atoms with E-state index in [9.17, 15) is 9.59 Å². The number of nitrogens with zero attached hydrogens (tertiary/aromatic N) is 1. The summed E-state index contributed by atoms with van der Waals surface area (Å²) in [4.78, 5) is 23.0. The minimum Gasteiger partial charge on any atom is -0.480 e. The lowest BCUT2D eigenvalue weighted by Crippen LogP contribution is -2.51. The van der Waals surface area contributed by atoms with Gasteiger partial charge in [0.2, 0.25) is 0 Å². The Hall–Kier alpha value is -1.34. The number of hydrogen-bond donors (Lipinski definition) is 4. The average Bonchev–Trinajstić information content (AvgIpc) is 2.22. The second kappa shape index (κ2) is 6.20. The van der Waals surface area contributed by atoms with Gasteiger partial charge in [0.25, 0.3) is 0 Å². The number of likely N-dealkylation sites (N-methyl/N-ethyl adjacent to an activating group) is 1. The average molecular weight is 220 g/mol. The van der Waals surface area contributed by atoms with Gasteiger partial charge < -0.3 is 25.5 Å². The van der Waals surface area contributed by atoms with Crippen LogP contribution < -0.4 is 5.32 Å². The minimum atomic E-state index is -1.33. The number of aliphatic carboxylic acids is 1. The Morgan fingerprint density at radius 3 is 2.20 bits per heavy atom. The molecular weight excluding hydrogens is 204 g/mol. The lowest BCUT2D eigenvalue weighted by molar-refractivity contribution is -0.140. The zero-order valence-corrected chi connectivity index (χ0v) is 8.67. The van der Waals surface area contributed by atoms with Gasteiger partial charge in [-0.25, -0.2) is 9.59 Å². The van der Waals surface area contributed by atoms with Crippen molar-refractivity contribution in [2.45, 2.75) is 19.0 Å². The van der Waals surface area contributed by atoms with Gasteiger partial charge >= 0.3 is 12.0 Å². The van der Waals surface area contributed by atoms with E-state index < -0.39 is 30.7 Å². The Morgan fingerprint density at radius 2 is 1.87 bits per heavy atom. The molecule has 0 aromatic rings. The Labute approximate surface area is 87.3 Å². The fourth-order valence-electron chi connectivity index (χ4n) is 0.759. The van der Waals surface area contributed by atoms with Crippen molar-refractivity contribution in [3.63, 3.8) is 0 Å². The van der Waals surface area contributed by atoms with Gasteiger partial charge in [0.15, 0.2) is 6.04 Å². The van der Waals surface area contributed by atoms with E-state index in [0.717, 1.165) is 4.90 Å². The molecular formula is C8H16N2O5. The van der Waals surface area contributed by atoms with Crippen LogP contribution in [-0.4, -0.2) is 64.6 Å². The summed E-state index contributed by atoms with van der Waals surface area (Å²) in [6, 6.07) is -2.40. The van der Waals surface area contributed by atoms with Gasteiger partial charge in [0.05, 0.1) is 19.3 Å².